The molecule has 0 aromatic carbocycles. The molecule has 1 saturated heterocycles. The Bertz CT molecular complexity index is 240. The van der Waals surface area contributed by atoms with Crippen LogP contribution in [0.15, 0.2) is 0 Å². The van der Waals surface area contributed by atoms with Gasteiger partial charge in [-0.15, -0.1) is 0 Å². The topological polar surface area (TPSA) is 38.5 Å². The van der Waals surface area contributed by atoms with Gasteiger partial charge in [0.25, 0.3) is 0 Å². The Kier molecular flexibility index (Phi) is 4.45. The molecular weight excluding hydrogens is 212 g/mol. The van der Waals surface area contributed by atoms with Gasteiger partial charge in [0.1, 0.15) is 0 Å². The minimum absolute atomic E-state index is 0.370. The zero-order valence-electron chi connectivity index (χ0n) is 11.5. The zero-order chi connectivity index (χ0) is 12.3. The second kappa shape index (κ2) is 5.68. The summed E-state index contributed by atoms with van der Waals surface area (Å²) in [6.45, 7) is 6.22. The first-order chi connectivity index (χ1) is 8.15. The predicted molar refractivity (Wildman–Crippen MR) is 71.0 cm³/mol. The number of ether oxygens (including phenoxy) is 1. The van der Waals surface area contributed by atoms with Crippen LogP contribution in [0.3, 0.4) is 0 Å². The molecule has 100 valence electrons. The smallest absolute Gasteiger partial charge is 0.0622 e. The van der Waals surface area contributed by atoms with Crippen molar-refractivity contribution in [1.29, 1.82) is 0 Å². The van der Waals surface area contributed by atoms with Crippen LogP contribution in [0.1, 0.15) is 39.0 Å². The Hall–Kier alpha value is -0.120. The number of hydrogen-bond acceptors (Lipinski definition) is 3. The van der Waals surface area contributed by atoms with Crippen molar-refractivity contribution in [3.05, 3.63) is 0 Å². The van der Waals surface area contributed by atoms with Gasteiger partial charge in [-0.2, -0.15) is 0 Å². The van der Waals surface area contributed by atoms with E-state index in [-0.39, 0.29) is 0 Å². The van der Waals surface area contributed by atoms with Gasteiger partial charge >= 0.3 is 0 Å². The van der Waals surface area contributed by atoms with E-state index in [1.54, 1.807) is 0 Å². The molecule has 0 spiro atoms. The van der Waals surface area contributed by atoms with Gasteiger partial charge in [-0.1, -0.05) is 19.8 Å². The molecular formula is C14H28N2O. The van der Waals surface area contributed by atoms with Crippen molar-refractivity contribution in [1.82, 2.24) is 4.90 Å². The average molecular weight is 240 g/mol. The fraction of sp³-hybridized carbons (Fsp3) is 1.00. The maximum Gasteiger partial charge on any atom is 0.0622 e. The van der Waals surface area contributed by atoms with Crippen molar-refractivity contribution in [3.63, 3.8) is 0 Å². The fourth-order valence-electron chi connectivity index (χ4n) is 3.69. The lowest BCUT2D eigenvalue weighted by molar-refractivity contribution is 0.0740. The van der Waals surface area contributed by atoms with Gasteiger partial charge in [0.05, 0.1) is 6.61 Å². The van der Waals surface area contributed by atoms with E-state index in [1.807, 2.05) is 0 Å². The molecule has 1 aliphatic carbocycles. The van der Waals surface area contributed by atoms with E-state index < -0.39 is 0 Å². The van der Waals surface area contributed by atoms with Crippen LogP contribution >= 0.6 is 0 Å². The highest BCUT2D eigenvalue weighted by Gasteiger charge is 2.36. The largest absolute Gasteiger partial charge is 0.380 e. The van der Waals surface area contributed by atoms with Crippen molar-refractivity contribution >= 4 is 0 Å². The Balaban J connectivity index is 1.93. The van der Waals surface area contributed by atoms with Crippen molar-refractivity contribution in [2.45, 2.75) is 45.1 Å². The molecule has 1 aliphatic heterocycles. The summed E-state index contributed by atoms with van der Waals surface area (Å²) < 4.78 is 5.48. The minimum Gasteiger partial charge on any atom is -0.380 e. The minimum atomic E-state index is 0.370. The van der Waals surface area contributed by atoms with Gasteiger partial charge < -0.3 is 15.4 Å². The summed E-state index contributed by atoms with van der Waals surface area (Å²) in [5.41, 5.74) is 6.46. The van der Waals surface area contributed by atoms with E-state index >= 15 is 0 Å². The van der Waals surface area contributed by atoms with Gasteiger partial charge in [0, 0.05) is 19.2 Å². The lowest BCUT2D eigenvalue weighted by Crippen LogP contribution is -2.47. The van der Waals surface area contributed by atoms with Crippen LogP contribution in [0.2, 0.25) is 0 Å². The van der Waals surface area contributed by atoms with Crippen LogP contribution < -0.4 is 5.73 Å². The number of nitrogens with zero attached hydrogens (tertiary/aromatic N) is 1. The van der Waals surface area contributed by atoms with Gasteiger partial charge in [0.2, 0.25) is 0 Å². The lowest BCUT2D eigenvalue weighted by atomic mass is 9.69. The predicted octanol–water partition coefficient (Wildman–Crippen LogP) is 1.86. The summed E-state index contributed by atoms with van der Waals surface area (Å²) >= 11 is 0. The number of likely N-dealkylation sites (N-methyl/N-ethyl adjacent to an activating group) is 1. The summed E-state index contributed by atoms with van der Waals surface area (Å²) in [5.74, 6) is 0.848. The molecule has 2 N–H and O–H groups in total. The molecule has 1 heterocycles. The Morgan fingerprint density at radius 2 is 2.24 bits per heavy atom. The molecule has 17 heavy (non-hydrogen) atoms. The van der Waals surface area contributed by atoms with Crippen molar-refractivity contribution in [2.24, 2.45) is 17.1 Å². The van der Waals surface area contributed by atoms with E-state index in [0.717, 1.165) is 32.2 Å². The van der Waals surface area contributed by atoms with Crippen LogP contribution in [0, 0.1) is 11.3 Å². The molecule has 0 aromatic heterocycles. The van der Waals surface area contributed by atoms with Gasteiger partial charge in [-0.3, -0.25) is 0 Å². The monoisotopic (exact) mass is 240 g/mol. The molecule has 3 nitrogen and oxygen atoms in total. The van der Waals surface area contributed by atoms with Gasteiger partial charge in [-0.25, -0.2) is 0 Å². The summed E-state index contributed by atoms with van der Waals surface area (Å²) in [5, 5.41) is 0. The van der Waals surface area contributed by atoms with Crippen molar-refractivity contribution in [3.8, 4) is 0 Å². The molecule has 2 rings (SSSR count). The highest BCUT2D eigenvalue weighted by atomic mass is 16.5. The maximum absolute atomic E-state index is 6.09. The quantitative estimate of drug-likeness (QED) is 0.815. The van der Waals surface area contributed by atoms with Crippen LogP contribution in [-0.4, -0.2) is 44.3 Å². The summed E-state index contributed by atoms with van der Waals surface area (Å²) in [4.78, 5) is 2.50. The van der Waals surface area contributed by atoms with E-state index in [1.165, 1.54) is 32.1 Å². The third kappa shape index (κ3) is 3.21. The highest BCUT2D eigenvalue weighted by molar-refractivity contribution is 4.90. The lowest BCUT2D eigenvalue weighted by Gasteiger charge is -2.43. The SMILES string of the molecule is CC1CCCC(CN)(CN(C)C2CCOC2)C1. The summed E-state index contributed by atoms with van der Waals surface area (Å²) in [7, 11) is 2.25. The zero-order valence-corrected chi connectivity index (χ0v) is 11.5. The maximum atomic E-state index is 6.09. The number of nitrogens with two attached hydrogens (primary N) is 1. The Morgan fingerprint density at radius 3 is 2.82 bits per heavy atom. The molecule has 0 bridgehead atoms. The van der Waals surface area contributed by atoms with Gasteiger partial charge in [0.15, 0.2) is 0 Å². The number of hydrogen-bond donors (Lipinski definition) is 1. The normalized spacial score (nSPS) is 38.8. The highest BCUT2D eigenvalue weighted by Crippen LogP contribution is 2.39. The second-order valence-electron chi connectivity index (χ2n) is 6.34. The van der Waals surface area contributed by atoms with Crippen molar-refractivity contribution < 1.29 is 4.74 Å². The standard InChI is InChI=1S/C14H28N2O/c1-12-4-3-6-14(8-12,10-15)11-16(2)13-5-7-17-9-13/h12-13H,3-11,15H2,1-2H3. The van der Waals surface area contributed by atoms with E-state index in [0.29, 0.717) is 11.5 Å². The molecule has 3 heteroatoms. The van der Waals surface area contributed by atoms with E-state index in [2.05, 4.69) is 18.9 Å². The van der Waals surface area contributed by atoms with Crippen LogP contribution in [0.5, 0.6) is 0 Å². The summed E-state index contributed by atoms with van der Waals surface area (Å²) in [6, 6.07) is 0.621. The Morgan fingerprint density at radius 1 is 1.41 bits per heavy atom. The number of rotatable bonds is 4. The second-order valence-corrected chi connectivity index (χ2v) is 6.34. The molecule has 0 aromatic rings. The molecule has 2 aliphatic rings. The molecule has 3 unspecified atom stereocenters. The molecule has 3 atom stereocenters. The average Bonchev–Trinajstić information content (AvgIpc) is 2.82. The summed E-state index contributed by atoms with van der Waals surface area (Å²) in [6.07, 6.45) is 6.55. The molecule has 1 saturated carbocycles. The molecule has 2 fully saturated rings. The fourth-order valence-corrected chi connectivity index (χ4v) is 3.69. The third-order valence-electron chi connectivity index (χ3n) is 4.73. The first-order valence-corrected chi connectivity index (χ1v) is 7.13. The van der Waals surface area contributed by atoms with E-state index in [9.17, 15) is 0 Å². The first kappa shape index (κ1) is 13.3. The van der Waals surface area contributed by atoms with Crippen LogP contribution in [0.25, 0.3) is 0 Å². The Labute approximate surface area is 106 Å². The van der Waals surface area contributed by atoms with Crippen molar-refractivity contribution in [2.75, 3.05) is 33.4 Å². The van der Waals surface area contributed by atoms with E-state index in [4.69, 9.17) is 10.5 Å². The third-order valence-corrected chi connectivity index (χ3v) is 4.73. The van der Waals surface area contributed by atoms with Gasteiger partial charge in [-0.05, 0) is 44.2 Å². The first-order valence-electron chi connectivity index (χ1n) is 7.13. The molecule has 0 radical (unpaired) electrons. The molecule has 0 amide bonds. The van der Waals surface area contributed by atoms with Crippen LogP contribution in [0.4, 0.5) is 0 Å². The van der Waals surface area contributed by atoms with Crippen LogP contribution in [-0.2, 0) is 4.74 Å².